The van der Waals surface area contributed by atoms with Crippen LogP contribution in [0.5, 0.6) is 0 Å². The third-order valence-electron chi connectivity index (χ3n) is 4.36. The first-order valence-electron chi connectivity index (χ1n) is 9.00. The number of benzene rings is 1. The van der Waals surface area contributed by atoms with Crippen LogP contribution in [0.3, 0.4) is 0 Å². The van der Waals surface area contributed by atoms with Crippen LogP contribution in [0.2, 0.25) is 0 Å². The van der Waals surface area contributed by atoms with E-state index in [0.29, 0.717) is 22.9 Å². The maximum atomic E-state index is 12.5. The van der Waals surface area contributed by atoms with Gasteiger partial charge in [-0.05, 0) is 32.0 Å². The molecule has 0 aliphatic carbocycles. The van der Waals surface area contributed by atoms with Gasteiger partial charge in [-0.3, -0.25) is 0 Å². The normalized spacial score (nSPS) is 11.8. The van der Waals surface area contributed by atoms with Crippen LogP contribution in [-0.2, 0) is 10.0 Å². The highest BCUT2D eigenvalue weighted by Crippen LogP contribution is 2.25. The molecule has 0 bridgehead atoms. The van der Waals surface area contributed by atoms with Crippen LogP contribution < -0.4 is 10.0 Å². The molecule has 150 valence electrons. The van der Waals surface area contributed by atoms with Gasteiger partial charge in [0, 0.05) is 22.8 Å². The lowest BCUT2D eigenvalue weighted by molar-refractivity contribution is 0.582. The molecule has 8 nitrogen and oxygen atoms in total. The molecule has 3 aromatic heterocycles. The zero-order valence-electron chi connectivity index (χ0n) is 16.0. The van der Waals surface area contributed by atoms with Gasteiger partial charge in [-0.15, -0.1) is 11.3 Å². The summed E-state index contributed by atoms with van der Waals surface area (Å²) < 4.78 is 29.3. The summed E-state index contributed by atoms with van der Waals surface area (Å²) in [5.41, 5.74) is 1.58. The summed E-state index contributed by atoms with van der Waals surface area (Å²) in [5.74, 6) is 0.610. The number of rotatable bonds is 7. The molecule has 0 fully saturated rings. The molecule has 0 unspecified atom stereocenters. The molecule has 0 saturated heterocycles. The second-order valence-corrected chi connectivity index (χ2v) is 9.65. The standard InChI is InChI=1S/C19H20N6O2S2/c1-13-10-17(14(2)28-13)29(26,27)24-9-8-20-18-16-11-23-25(19(16)22-12-21-18)15-6-4-3-5-7-15/h3-7,10-12,24H,8-9H2,1-2H3,(H,20,21,22). The lowest BCUT2D eigenvalue weighted by Crippen LogP contribution is -2.29. The molecule has 10 heteroatoms. The van der Waals surface area contributed by atoms with E-state index < -0.39 is 10.0 Å². The predicted octanol–water partition coefficient (Wildman–Crippen LogP) is 2.88. The molecule has 1 aromatic carbocycles. The average molecular weight is 429 g/mol. The number of para-hydroxylation sites is 1. The second-order valence-electron chi connectivity index (χ2n) is 6.45. The molecule has 3 heterocycles. The minimum Gasteiger partial charge on any atom is -0.368 e. The molecule has 4 rings (SSSR count). The lowest BCUT2D eigenvalue weighted by Gasteiger charge is -2.09. The van der Waals surface area contributed by atoms with Crippen molar-refractivity contribution in [2.75, 3.05) is 18.4 Å². The van der Waals surface area contributed by atoms with E-state index in [4.69, 9.17) is 0 Å². The van der Waals surface area contributed by atoms with Gasteiger partial charge in [0.2, 0.25) is 10.0 Å². The first-order chi connectivity index (χ1) is 14.0. The predicted molar refractivity (Wildman–Crippen MR) is 114 cm³/mol. The third kappa shape index (κ3) is 4.00. The fourth-order valence-corrected chi connectivity index (χ4v) is 5.65. The fraction of sp³-hybridized carbons (Fsp3) is 0.211. The number of sulfonamides is 1. The van der Waals surface area contributed by atoms with Gasteiger partial charge in [-0.2, -0.15) is 5.10 Å². The van der Waals surface area contributed by atoms with E-state index in [2.05, 4.69) is 25.1 Å². The zero-order chi connectivity index (χ0) is 20.4. The number of anilines is 1. The van der Waals surface area contributed by atoms with E-state index in [1.807, 2.05) is 44.2 Å². The summed E-state index contributed by atoms with van der Waals surface area (Å²) in [6, 6.07) is 11.4. The van der Waals surface area contributed by atoms with Gasteiger partial charge in [0.1, 0.15) is 12.1 Å². The summed E-state index contributed by atoms with van der Waals surface area (Å²) in [6.45, 7) is 4.32. The second kappa shape index (κ2) is 7.90. The summed E-state index contributed by atoms with van der Waals surface area (Å²) in [4.78, 5) is 10.7. The quantitative estimate of drug-likeness (QED) is 0.439. The Bertz CT molecular complexity index is 1250. The molecule has 0 radical (unpaired) electrons. The Hall–Kier alpha value is -2.82. The number of thiophene rings is 1. The number of nitrogens with one attached hydrogen (secondary N) is 2. The highest BCUT2D eigenvalue weighted by molar-refractivity contribution is 7.89. The summed E-state index contributed by atoms with van der Waals surface area (Å²) in [5, 5.41) is 8.34. The number of hydrogen-bond donors (Lipinski definition) is 2. The van der Waals surface area contributed by atoms with Crippen LogP contribution >= 0.6 is 11.3 Å². The number of aromatic nitrogens is 4. The van der Waals surface area contributed by atoms with Crippen molar-refractivity contribution in [2.24, 2.45) is 0 Å². The Labute approximate surface area is 172 Å². The Balaban J connectivity index is 1.45. The highest BCUT2D eigenvalue weighted by Gasteiger charge is 2.18. The Morgan fingerprint density at radius 1 is 1.10 bits per heavy atom. The van der Waals surface area contributed by atoms with Crippen LogP contribution in [0.4, 0.5) is 5.82 Å². The molecule has 0 spiro atoms. The molecule has 0 amide bonds. The number of fused-ring (bicyclic) bond motifs is 1. The maximum Gasteiger partial charge on any atom is 0.241 e. The average Bonchev–Trinajstić information content (AvgIpc) is 3.29. The third-order valence-corrected chi connectivity index (χ3v) is 7.04. The molecular formula is C19H20N6O2S2. The first kappa shape index (κ1) is 19.5. The lowest BCUT2D eigenvalue weighted by atomic mass is 10.3. The van der Waals surface area contributed by atoms with Gasteiger partial charge in [-0.25, -0.2) is 27.8 Å². The van der Waals surface area contributed by atoms with Crippen molar-refractivity contribution in [3.8, 4) is 5.69 Å². The van der Waals surface area contributed by atoms with E-state index in [1.54, 1.807) is 16.9 Å². The fourth-order valence-electron chi connectivity index (χ4n) is 3.06. The smallest absolute Gasteiger partial charge is 0.241 e. The van der Waals surface area contributed by atoms with Crippen LogP contribution in [0.15, 0.2) is 53.8 Å². The van der Waals surface area contributed by atoms with Gasteiger partial charge in [0.15, 0.2) is 5.65 Å². The molecule has 0 aliphatic rings. The summed E-state index contributed by atoms with van der Waals surface area (Å²) >= 11 is 1.47. The Morgan fingerprint density at radius 2 is 1.90 bits per heavy atom. The van der Waals surface area contributed by atoms with Gasteiger partial charge < -0.3 is 5.32 Å². The van der Waals surface area contributed by atoms with Crippen LogP contribution in [-0.4, -0.2) is 41.3 Å². The molecule has 0 saturated carbocycles. The van der Waals surface area contributed by atoms with Crippen LogP contribution in [0, 0.1) is 13.8 Å². The van der Waals surface area contributed by atoms with Crippen molar-refractivity contribution in [2.45, 2.75) is 18.7 Å². The summed E-state index contributed by atoms with van der Waals surface area (Å²) in [7, 11) is -3.53. The van der Waals surface area contributed by atoms with E-state index in [-0.39, 0.29) is 6.54 Å². The molecule has 0 aliphatic heterocycles. The number of hydrogen-bond acceptors (Lipinski definition) is 7. The Morgan fingerprint density at radius 3 is 2.62 bits per heavy atom. The van der Waals surface area contributed by atoms with Crippen molar-refractivity contribution in [1.82, 2.24) is 24.5 Å². The number of nitrogens with zero attached hydrogens (tertiary/aromatic N) is 4. The summed E-state index contributed by atoms with van der Waals surface area (Å²) in [6.07, 6.45) is 3.17. The highest BCUT2D eigenvalue weighted by atomic mass is 32.2. The van der Waals surface area contributed by atoms with E-state index in [1.165, 1.54) is 17.7 Å². The van der Waals surface area contributed by atoms with Crippen molar-refractivity contribution in [3.63, 3.8) is 0 Å². The molecule has 0 atom stereocenters. The van der Waals surface area contributed by atoms with Crippen molar-refractivity contribution in [3.05, 3.63) is 58.7 Å². The van der Waals surface area contributed by atoms with Gasteiger partial charge >= 0.3 is 0 Å². The van der Waals surface area contributed by atoms with E-state index in [9.17, 15) is 8.42 Å². The minimum atomic E-state index is -3.53. The SMILES string of the molecule is Cc1cc(S(=O)(=O)NCCNc2ncnc3c2cnn3-c2ccccc2)c(C)s1. The largest absolute Gasteiger partial charge is 0.368 e. The Kier molecular flexibility index (Phi) is 5.31. The minimum absolute atomic E-state index is 0.231. The van der Waals surface area contributed by atoms with Crippen molar-refractivity contribution >= 4 is 38.2 Å². The van der Waals surface area contributed by atoms with E-state index in [0.717, 1.165) is 20.8 Å². The van der Waals surface area contributed by atoms with Crippen LogP contribution in [0.1, 0.15) is 9.75 Å². The van der Waals surface area contributed by atoms with Gasteiger partial charge in [0.05, 0.1) is 22.2 Å². The van der Waals surface area contributed by atoms with Gasteiger partial charge in [-0.1, -0.05) is 18.2 Å². The number of aryl methyl sites for hydroxylation is 2. The topological polar surface area (TPSA) is 102 Å². The molecule has 2 N–H and O–H groups in total. The molecule has 4 aromatic rings. The van der Waals surface area contributed by atoms with Gasteiger partial charge in [0.25, 0.3) is 0 Å². The first-order valence-corrected chi connectivity index (χ1v) is 11.3. The maximum absolute atomic E-state index is 12.5. The molecule has 29 heavy (non-hydrogen) atoms. The molecular weight excluding hydrogens is 408 g/mol. The van der Waals surface area contributed by atoms with Crippen LogP contribution in [0.25, 0.3) is 16.7 Å². The van der Waals surface area contributed by atoms with E-state index >= 15 is 0 Å². The zero-order valence-corrected chi connectivity index (χ0v) is 17.6. The van der Waals surface area contributed by atoms with Crippen molar-refractivity contribution < 1.29 is 8.42 Å². The monoisotopic (exact) mass is 428 g/mol. The van der Waals surface area contributed by atoms with Crippen molar-refractivity contribution in [1.29, 1.82) is 0 Å².